The van der Waals surface area contributed by atoms with Gasteiger partial charge in [0.25, 0.3) is 0 Å². The Morgan fingerprint density at radius 3 is 3.00 bits per heavy atom. The lowest BCUT2D eigenvalue weighted by Crippen LogP contribution is -2.25. The minimum Gasteiger partial charge on any atom is -0.478 e. The van der Waals surface area contributed by atoms with E-state index in [4.69, 9.17) is 5.11 Å². The van der Waals surface area contributed by atoms with E-state index in [1.807, 2.05) is 24.9 Å². The van der Waals surface area contributed by atoms with Gasteiger partial charge in [-0.3, -0.25) is 4.98 Å². The van der Waals surface area contributed by atoms with Crippen LogP contribution in [0.25, 0.3) is 0 Å². The molecule has 1 aromatic heterocycles. The molecule has 2 rings (SSSR count). The summed E-state index contributed by atoms with van der Waals surface area (Å²) >= 11 is 0. The molecule has 0 bridgehead atoms. The topological polar surface area (TPSA) is 53.4 Å². The van der Waals surface area contributed by atoms with E-state index in [0.29, 0.717) is 12.0 Å². The Kier molecular flexibility index (Phi) is 2.19. The third-order valence-electron chi connectivity index (χ3n) is 2.80. The first-order valence-corrected chi connectivity index (χ1v) is 4.71. The minimum absolute atomic E-state index is 0.443. The molecule has 1 N–H and O–H groups in total. The van der Waals surface area contributed by atoms with E-state index in [2.05, 4.69) is 4.98 Å². The molecular formula is C11H12N2O2. The number of fused-ring (bicyclic) bond motifs is 1. The van der Waals surface area contributed by atoms with Crippen LogP contribution >= 0.6 is 0 Å². The number of aromatic nitrogens is 1. The second-order valence-electron chi connectivity index (χ2n) is 3.61. The van der Waals surface area contributed by atoms with Crippen molar-refractivity contribution in [3.63, 3.8) is 0 Å². The zero-order chi connectivity index (χ0) is 11.0. The van der Waals surface area contributed by atoms with E-state index < -0.39 is 5.97 Å². The number of pyridine rings is 1. The summed E-state index contributed by atoms with van der Waals surface area (Å²) in [6.07, 6.45) is 3.89. The van der Waals surface area contributed by atoms with Crippen molar-refractivity contribution in [1.82, 2.24) is 4.98 Å². The number of nitrogens with zero attached hydrogens (tertiary/aromatic N) is 2. The molecule has 0 aromatic carbocycles. The summed E-state index contributed by atoms with van der Waals surface area (Å²) in [5.41, 5.74) is 3.23. The van der Waals surface area contributed by atoms with Crippen molar-refractivity contribution < 1.29 is 9.90 Å². The zero-order valence-corrected chi connectivity index (χ0v) is 8.69. The SMILES string of the molecule is CC1=C(C(=O)O)Cc2cnccc2N1C. The van der Waals surface area contributed by atoms with Crippen LogP contribution < -0.4 is 4.90 Å². The van der Waals surface area contributed by atoms with E-state index in [1.54, 1.807) is 12.4 Å². The highest BCUT2D eigenvalue weighted by atomic mass is 16.4. The normalized spacial score (nSPS) is 15.2. The van der Waals surface area contributed by atoms with Gasteiger partial charge in [-0.15, -0.1) is 0 Å². The molecule has 4 heteroatoms. The molecule has 0 fully saturated rings. The first-order chi connectivity index (χ1) is 7.11. The first-order valence-electron chi connectivity index (χ1n) is 4.71. The van der Waals surface area contributed by atoms with Crippen LogP contribution in [0.1, 0.15) is 12.5 Å². The van der Waals surface area contributed by atoms with Gasteiger partial charge in [-0.25, -0.2) is 4.79 Å². The number of carbonyl (C=O) groups is 1. The Labute approximate surface area is 87.9 Å². The van der Waals surface area contributed by atoms with Gasteiger partial charge < -0.3 is 10.0 Å². The Hall–Kier alpha value is -1.84. The summed E-state index contributed by atoms with van der Waals surface area (Å²) in [5.74, 6) is -0.853. The molecule has 0 saturated carbocycles. The number of aliphatic carboxylic acids is 1. The lowest BCUT2D eigenvalue weighted by atomic mass is 9.98. The van der Waals surface area contributed by atoms with Gasteiger partial charge in [-0.2, -0.15) is 0 Å². The van der Waals surface area contributed by atoms with E-state index >= 15 is 0 Å². The smallest absolute Gasteiger partial charge is 0.333 e. The molecule has 0 radical (unpaired) electrons. The van der Waals surface area contributed by atoms with Crippen molar-refractivity contribution in [1.29, 1.82) is 0 Å². The van der Waals surface area contributed by atoms with Gasteiger partial charge in [-0.05, 0) is 18.6 Å². The Bertz CT molecular complexity index is 452. The summed E-state index contributed by atoms with van der Waals surface area (Å²) in [4.78, 5) is 16.9. The summed E-state index contributed by atoms with van der Waals surface area (Å²) in [7, 11) is 1.87. The van der Waals surface area contributed by atoms with Gasteiger partial charge >= 0.3 is 5.97 Å². The second kappa shape index (κ2) is 3.38. The fourth-order valence-corrected chi connectivity index (χ4v) is 1.82. The van der Waals surface area contributed by atoms with Gasteiger partial charge in [-0.1, -0.05) is 0 Å². The van der Waals surface area contributed by atoms with Crippen molar-refractivity contribution in [2.24, 2.45) is 0 Å². The van der Waals surface area contributed by atoms with Crippen LogP contribution in [0.15, 0.2) is 29.7 Å². The van der Waals surface area contributed by atoms with Gasteiger partial charge in [0.15, 0.2) is 0 Å². The van der Waals surface area contributed by atoms with Crippen LogP contribution in [-0.4, -0.2) is 23.1 Å². The maximum atomic E-state index is 11.0. The van der Waals surface area contributed by atoms with Gasteiger partial charge in [0.2, 0.25) is 0 Å². The fraction of sp³-hybridized carbons (Fsp3) is 0.273. The highest BCUT2D eigenvalue weighted by Crippen LogP contribution is 2.30. The first kappa shape index (κ1) is 9.71. The van der Waals surface area contributed by atoms with Gasteiger partial charge in [0, 0.05) is 37.2 Å². The summed E-state index contributed by atoms with van der Waals surface area (Å²) in [6, 6.07) is 1.90. The van der Waals surface area contributed by atoms with E-state index in [9.17, 15) is 4.79 Å². The molecule has 1 aromatic rings. The van der Waals surface area contributed by atoms with Crippen molar-refractivity contribution in [3.8, 4) is 0 Å². The zero-order valence-electron chi connectivity index (χ0n) is 8.69. The van der Waals surface area contributed by atoms with Gasteiger partial charge in [0.05, 0.1) is 5.57 Å². The standard InChI is InChI=1S/C11H12N2O2/c1-7-9(11(14)15)5-8-6-12-4-3-10(8)13(7)2/h3-4,6H,5H2,1-2H3,(H,14,15). The number of carboxylic acid groups (broad SMARTS) is 1. The monoisotopic (exact) mass is 204 g/mol. The molecule has 4 nitrogen and oxygen atoms in total. The molecule has 0 aliphatic carbocycles. The predicted octanol–water partition coefficient (Wildman–Crippen LogP) is 1.43. The lowest BCUT2D eigenvalue weighted by Gasteiger charge is -2.29. The van der Waals surface area contributed by atoms with Crippen LogP contribution in [0, 0.1) is 0 Å². The minimum atomic E-state index is -0.853. The number of hydrogen-bond donors (Lipinski definition) is 1. The Morgan fingerprint density at radius 1 is 1.60 bits per heavy atom. The van der Waals surface area contributed by atoms with Crippen LogP contribution in [-0.2, 0) is 11.2 Å². The molecule has 0 atom stereocenters. The van der Waals surface area contributed by atoms with E-state index in [0.717, 1.165) is 16.9 Å². The number of carboxylic acids is 1. The van der Waals surface area contributed by atoms with Crippen LogP contribution in [0.5, 0.6) is 0 Å². The molecule has 15 heavy (non-hydrogen) atoms. The number of anilines is 1. The van der Waals surface area contributed by atoms with E-state index in [-0.39, 0.29) is 0 Å². The van der Waals surface area contributed by atoms with Crippen LogP contribution in [0.3, 0.4) is 0 Å². The summed E-state index contributed by atoms with van der Waals surface area (Å²) < 4.78 is 0. The van der Waals surface area contributed by atoms with Crippen LogP contribution in [0.4, 0.5) is 5.69 Å². The Balaban J connectivity index is 2.52. The highest BCUT2D eigenvalue weighted by Gasteiger charge is 2.23. The van der Waals surface area contributed by atoms with Crippen molar-refractivity contribution in [2.75, 3.05) is 11.9 Å². The third kappa shape index (κ3) is 1.48. The summed E-state index contributed by atoms with van der Waals surface area (Å²) in [6.45, 7) is 1.83. The molecule has 0 unspecified atom stereocenters. The fourth-order valence-electron chi connectivity index (χ4n) is 1.82. The van der Waals surface area contributed by atoms with Crippen molar-refractivity contribution in [2.45, 2.75) is 13.3 Å². The van der Waals surface area contributed by atoms with Crippen molar-refractivity contribution in [3.05, 3.63) is 35.3 Å². The molecule has 1 aliphatic heterocycles. The van der Waals surface area contributed by atoms with Crippen LogP contribution in [0.2, 0.25) is 0 Å². The molecule has 0 amide bonds. The summed E-state index contributed by atoms with van der Waals surface area (Å²) in [5, 5.41) is 9.05. The third-order valence-corrected chi connectivity index (χ3v) is 2.80. The number of hydrogen-bond acceptors (Lipinski definition) is 3. The highest BCUT2D eigenvalue weighted by molar-refractivity contribution is 5.90. The molecule has 78 valence electrons. The van der Waals surface area contributed by atoms with E-state index in [1.165, 1.54) is 0 Å². The largest absolute Gasteiger partial charge is 0.478 e. The second-order valence-corrected chi connectivity index (χ2v) is 3.61. The maximum Gasteiger partial charge on any atom is 0.333 e. The molecule has 1 aliphatic rings. The predicted molar refractivity (Wildman–Crippen MR) is 56.7 cm³/mol. The molecule has 2 heterocycles. The quantitative estimate of drug-likeness (QED) is 0.751. The molecular weight excluding hydrogens is 192 g/mol. The average Bonchev–Trinajstić information content (AvgIpc) is 2.23. The number of allylic oxidation sites excluding steroid dienone is 1. The molecule has 0 saturated heterocycles. The van der Waals surface area contributed by atoms with Gasteiger partial charge in [0.1, 0.15) is 0 Å². The molecule has 0 spiro atoms. The van der Waals surface area contributed by atoms with Crippen molar-refractivity contribution >= 4 is 11.7 Å². The Morgan fingerprint density at radius 2 is 2.33 bits per heavy atom. The number of rotatable bonds is 1. The maximum absolute atomic E-state index is 11.0. The lowest BCUT2D eigenvalue weighted by molar-refractivity contribution is -0.132. The average molecular weight is 204 g/mol.